The fraction of sp³-hybridized carbons (Fsp3) is 0.842. The molecule has 0 saturated heterocycles. The summed E-state index contributed by atoms with van der Waals surface area (Å²) < 4.78 is 8.75. The molecule has 0 aliphatic rings. The average Bonchev–Trinajstić information content (AvgIpc) is 2.75. The summed E-state index contributed by atoms with van der Waals surface area (Å²) in [5, 5.41) is 10.9. The number of esters is 1. The molecule has 0 aromatic carbocycles. The van der Waals surface area contributed by atoms with E-state index in [4.69, 9.17) is 22.3 Å². The molecule has 1 amide bonds. The topological polar surface area (TPSA) is 180 Å². The molecule has 0 heterocycles. The van der Waals surface area contributed by atoms with E-state index >= 15 is 0 Å². The molecule has 0 aromatic heterocycles. The number of carboxylic acids is 1. The summed E-state index contributed by atoms with van der Waals surface area (Å²) in [5.74, 6) is -1.41. The first-order valence-electron chi connectivity index (χ1n) is 10.1. The lowest BCUT2D eigenvalue weighted by Crippen LogP contribution is -2.40. The predicted octanol–water partition coefficient (Wildman–Crippen LogP) is 1.59. The first-order valence-corrected chi connectivity index (χ1v) is 10.1. The second-order valence-corrected chi connectivity index (χ2v) is 5.23. The molecule has 176 valence electrons. The van der Waals surface area contributed by atoms with Gasteiger partial charge in [0.05, 0.1) is 14.2 Å². The minimum atomic E-state index is -1.06. The van der Waals surface area contributed by atoms with Crippen LogP contribution >= 0.6 is 0 Å². The molecule has 0 spiro atoms. The lowest BCUT2D eigenvalue weighted by Gasteiger charge is -2.12. The van der Waals surface area contributed by atoms with Crippen LogP contribution in [0.2, 0.25) is 0 Å². The largest absolute Gasteiger partial charge is 0.480 e. The second kappa shape index (κ2) is 28.3. The van der Waals surface area contributed by atoms with Crippen LogP contribution in [0.3, 0.4) is 0 Å². The maximum absolute atomic E-state index is 10.7. The van der Waals surface area contributed by atoms with Gasteiger partial charge in [0.2, 0.25) is 0 Å². The van der Waals surface area contributed by atoms with E-state index in [1.807, 2.05) is 27.7 Å². The van der Waals surface area contributed by atoms with Crippen molar-refractivity contribution in [2.75, 3.05) is 27.3 Å². The highest BCUT2D eigenvalue weighted by Crippen LogP contribution is 2.01. The SMILES string of the molecule is CC.CC.COC(=O)C(N)CCCCN.COC(=O)NC(CCCCN)C(=O)O. The number of nitrogens with one attached hydrogen (secondary N) is 1. The Hall–Kier alpha value is -1.91. The zero-order chi connectivity index (χ0) is 23.7. The smallest absolute Gasteiger partial charge is 0.407 e. The van der Waals surface area contributed by atoms with E-state index in [9.17, 15) is 14.4 Å². The van der Waals surface area contributed by atoms with Crippen LogP contribution in [0.25, 0.3) is 0 Å². The number of alkyl carbamates (subject to hydrolysis) is 1. The summed E-state index contributed by atoms with van der Waals surface area (Å²) in [6, 6.07) is -1.37. The summed E-state index contributed by atoms with van der Waals surface area (Å²) in [6.45, 7) is 9.17. The van der Waals surface area contributed by atoms with Crippen LogP contribution < -0.4 is 22.5 Å². The number of hydrogen-bond acceptors (Lipinski definition) is 8. The molecule has 10 nitrogen and oxygen atoms in total. The summed E-state index contributed by atoms with van der Waals surface area (Å²) in [5.41, 5.74) is 16.0. The highest BCUT2D eigenvalue weighted by molar-refractivity contribution is 5.79. The van der Waals surface area contributed by atoms with Crippen molar-refractivity contribution in [3.63, 3.8) is 0 Å². The molecule has 0 fully saturated rings. The molecule has 0 bridgehead atoms. The number of unbranched alkanes of at least 4 members (excludes halogenated alkanes) is 2. The Bertz CT molecular complexity index is 384. The Balaban J connectivity index is -0.000000187. The first-order chi connectivity index (χ1) is 13.8. The third-order valence-electron chi connectivity index (χ3n) is 3.20. The molecule has 10 heteroatoms. The van der Waals surface area contributed by atoms with Gasteiger partial charge in [0.1, 0.15) is 12.1 Å². The van der Waals surface area contributed by atoms with Crippen LogP contribution in [0.1, 0.15) is 66.2 Å². The van der Waals surface area contributed by atoms with Crippen molar-refractivity contribution in [2.24, 2.45) is 17.2 Å². The molecule has 0 rings (SSSR count). The molecule has 8 N–H and O–H groups in total. The first kappa shape index (κ1) is 34.6. The Morgan fingerprint density at radius 1 is 0.862 bits per heavy atom. The molecule has 0 saturated carbocycles. The summed E-state index contributed by atoms with van der Waals surface area (Å²) >= 11 is 0. The molecule has 0 aliphatic carbocycles. The number of carbonyl (C=O) groups is 3. The molecule has 0 radical (unpaired) electrons. The van der Waals surface area contributed by atoms with Crippen LogP contribution in [0.5, 0.6) is 0 Å². The van der Waals surface area contributed by atoms with Crippen molar-refractivity contribution in [2.45, 2.75) is 78.3 Å². The molecule has 2 atom stereocenters. The Kier molecular flexibility index (Phi) is 33.8. The lowest BCUT2D eigenvalue weighted by molar-refractivity contribution is -0.142. The molecule has 2 unspecified atom stereocenters. The fourth-order valence-corrected chi connectivity index (χ4v) is 1.73. The van der Waals surface area contributed by atoms with Crippen LogP contribution in [0.4, 0.5) is 4.79 Å². The zero-order valence-electron chi connectivity index (χ0n) is 19.0. The normalized spacial score (nSPS) is 10.9. The predicted molar refractivity (Wildman–Crippen MR) is 115 cm³/mol. The van der Waals surface area contributed by atoms with E-state index in [0.717, 1.165) is 19.3 Å². The van der Waals surface area contributed by atoms with Crippen molar-refractivity contribution in [3.05, 3.63) is 0 Å². The van der Waals surface area contributed by atoms with Crippen LogP contribution in [0.15, 0.2) is 0 Å². The van der Waals surface area contributed by atoms with Crippen molar-refractivity contribution in [3.8, 4) is 0 Å². The summed E-state index contributed by atoms with van der Waals surface area (Å²) in [6.07, 6.45) is 3.48. The number of nitrogens with two attached hydrogens (primary N) is 3. The fourth-order valence-electron chi connectivity index (χ4n) is 1.73. The van der Waals surface area contributed by atoms with E-state index in [1.165, 1.54) is 14.2 Å². The standard InChI is InChI=1S/C8H16N2O4.C7H16N2O2.2C2H6/c1-14-8(13)10-6(7(11)12)4-2-3-5-9;1-11-7(10)6(9)4-2-3-5-8;2*1-2/h6H,2-5,9H2,1H3,(H,10,13)(H,11,12);6H,2-5,8-9H2,1H3;2*1-2H3. The van der Waals surface area contributed by atoms with Crippen LogP contribution in [0, 0.1) is 0 Å². The third-order valence-corrected chi connectivity index (χ3v) is 3.20. The Morgan fingerprint density at radius 2 is 1.31 bits per heavy atom. The molecular formula is C19H44N4O6. The van der Waals surface area contributed by atoms with E-state index in [0.29, 0.717) is 32.4 Å². The summed E-state index contributed by atoms with van der Waals surface area (Å²) in [7, 11) is 2.53. The van der Waals surface area contributed by atoms with Crippen molar-refractivity contribution in [1.29, 1.82) is 0 Å². The van der Waals surface area contributed by atoms with Gasteiger partial charge in [-0.05, 0) is 45.2 Å². The highest BCUT2D eigenvalue weighted by atomic mass is 16.5. The average molecular weight is 425 g/mol. The summed E-state index contributed by atoms with van der Waals surface area (Å²) in [4.78, 5) is 32.1. The lowest BCUT2D eigenvalue weighted by atomic mass is 10.1. The van der Waals surface area contributed by atoms with Gasteiger partial charge in [0.15, 0.2) is 0 Å². The number of methoxy groups -OCH3 is 2. The van der Waals surface area contributed by atoms with Crippen LogP contribution in [-0.4, -0.2) is 62.5 Å². The number of carboxylic acid groups (broad SMARTS) is 1. The van der Waals surface area contributed by atoms with Gasteiger partial charge in [-0.25, -0.2) is 9.59 Å². The van der Waals surface area contributed by atoms with Crippen molar-refractivity contribution < 1.29 is 29.0 Å². The van der Waals surface area contributed by atoms with Crippen molar-refractivity contribution in [1.82, 2.24) is 5.32 Å². The molecule has 0 aliphatic heterocycles. The Morgan fingerprint density at radius 3 is 1.66 bits per heavy atom. The van der Waals surface area contributed by atoms with Gasteiger partial charge in [-0.1, -0.05) is 34.1 Å². The highest BCUT2D eigenvalue weighted by Gasteiger charge is 2.19. The van der Waals surface area contributed by atoms with Gasteiger partial charge in [-0.2, -0.15) is 0 Å². The van der Waals surface area contributed by atoms with Crippen LogP contribution in [-0.2, 0) is 19.1 Å². The monoisotopic (exact) mass is 424 g/mol. The number of rotatable bonds is 11. The van der Waals surface area contributed by atoms with Gasteiger partial charge in [0.25, 0.3) is 0 Å². The number of carbonyl (C=O) groups excluding carboxylic acids is 2. The minimum Gasteiger partial charge on any atom is -0.480 e. The van der Waals surface area contributed by atoms with E-state index in [1.54, 1.807) is 0 Å². The maximum atomic E-state index is 10.7. The van der Waals surface area contributed by atoms with Crippen molar-refractivity contribution >= 4 is 18.0 Å². The Labute approximate surface area is 175 Å². The van der Waals surface area contributed by atoms with E-state index in [2.05, 4.69) is 14.8 Å². The van der Waals surface area contributed by atoms with Gasteiger partial charge < -0.3 is 37.1 Å². The van der Waals surface area contributed by atoms with E-state index in [-0.39, 0.29) is 5.97 Å². The zero-order valence-corrected chi connectivity index (χ0v) is 19.0. The molecule has 29 heavy (non-hydrogen) atoms. The van der Waals surface area contributed by atoms with E-state index < -0.39 is 24.1 Å². The van der Waals surface area contributed by atoms with Gasteiger partial charge >= 0.3 is 18.0 Å². The quantitative estimate of drug-likeness (QED) is 0.243. The molecular weight excluding hydrogens is 380 g/mol. The molecule has 0 aromatic rings. The third kappa shape index (κ3) is 26.1. The minimum absolute atomic E-state index is 0.345. The van der Waals surface area contributed by atoms with Gasteiger partial charge in [-0.15, -0.1) is 0 Å². The number of ether oxygens (including phenoxy) is 2. The maximum Gasteiger partial charge on any atom is 0.407 e. The second-order valence-electron chi connectivity index (χ2n) is 5.23. The number of aliphatic carboxylic acids is 1. The number of hydrogen-bond donors (Lipinski definition) is 5. The number of amides is 1. The van der Waals surface area contributed by atoms with Gasteiger partial charge in [0, 0.05) is 0 Å². The van der Waals surface area contributed by atoms with Gasteiger partial charge in [-0.3, -0.25) is 4.79 Å².